The molecule has 4 nitrogen and oxygen atoms in total. The molecule has 0 bridgehead atoms. The molecule has 1 heterocycles. The minimum atomic E-state index is -0.122. The molecule has 1 aromatic carbocycles. The van der Waals surface area contributed by atoms with E-state index in [9.17, 15) is 4.79 Å². The number of carbonyl (C=O) groups excluding carboxylic acids is 1. The smallest absolute Gasteiger partial charge is 0.244 e. The van der Waals surface area contributed by atoms with Gasteiger partial charge in [0.25, 0.3) is 0 Å². The van der Waals surface area contributed by atoms with Crippen molar-refractivity contribution in [1.82, 2.24) is 9.55 Å². The summed E-state index contributed by atoms with van der Waals surface area (Å²) in [7, 11) is 0. The summed E-state index contributed by atoms with van der Waals surface area (Å²) in [6.07, 6.45) is 3.23. The number of amides is 1. The zero-order chi connectivity index (χ0) is 13.1. The Morgan fingerprint density at radius 3 is 2.89 bits per heavy atom. The van der Waals surface area contributed by atoms with Crippen molar-refractivity contribution in [3.63, 3.8) is 0 Å². The van der Waals surface area contributed by atoms with Crippen LogP contribution in [0.2, 0.25) is 5.28 Å². The Morgan fingerprint density at radius 2 is 2.22 bits per heavy atom. The van der Waals surface area contributed by atoms with Crippen LogP contribution in [0.25, 0.3) is 0 Å². The highest BCUT2D eigenvalue weighted by atomic mass is 35.5. The van der Waals surface area contributed by atoms with Crippen molar-refractivity contribution >= 4 is 23.2 Å². The molecule has 1 amide bonds. The van der Waals surface area contributed by atoms with E-state index in [0.29, 0.717) is 5.28 Å². The van der Waals surface area contributed by atoms with Crippen LogP contribution >= 0.6 is 11.6 Å². The van der Waals surface area contributed by atoms with Crippen LogP contribution in [0, 0.1) is 13.8 Å². The Labute approximate surface area is 111 Å². The van der Waals surface area contributed by atoms with Crippen LogP contribution in [0.1, 0.15) is 11.1 Å². The van der Waals surface area contributed by atoms with Crippen molar-refractivity contribution in [3.8, 4) is 0 Å². The number of nitrogens with one attached hydrogen (secondary N) is 1. The molecule has 0 aliphatic rings. The third-order valence-corrected chi connectivity index (χ3v) is 2.96. The summed E-state index contributed by atoms with van der Waals surface area (Å²) < 4.78 is 1.59. The van der Waals surface area contributed by atoms with Crippen molar-refractivity contribution in [1.29, 1.82) is 0 Å². The van der Waals surface area contributed by atoms with Gasteiger partial charge in [-0.15, -0.1) is 0 Å². The molecule has 18 heavy (non-hydrogen) atoms. The molecule has 0 aliphatic carbocycles. The van der Waals surface area contributed by atoms with E-state index in [1.165, 1.54) is 0 Å². The van der Waals surface area contributed by atoms with Gasteiger partial charge in [0.05, 0.1) is 0 Å². The first-order valence-corrected chi connectivity index (χ1v) is 5.98. The third kappa shape index (κ3) is 2.90. The van der Waals surface area contributed by atoms with E-state index in [1.54, 1.807) is 17.0 Å². The predicted octanol–water partition coefficient (Wildman–Crippen LogP) is 2.79. The van der Waals surface area contributed by atoms with E-state index in [-0.39, 0.29) is 12.5 Å². The number of imidazole rings is 1. The average molecular weight is 264 g/mol. The fourth-order valence-electron chi connectivity index (χ4n) is 1.64. The summed E-state index contributed by atoms with van der Waals surface area (Å²) in [6.45, 7) is 4.10. The van der Waals surface area contributed by atoms with E-state index in [2.05, 4.69) is 10.3 Å². The molecule has 0 unspecified atom stereocenters. The maximum absolute atomic E-state index is 11.9. The third-order valence-electron chi connectivity index (χ3n) is 2.65. The number of benzene rings is 1. The highest BCUT2D eigenvalue weighted by Crippen LogP contribution is 2.16. The largest absolute Gasteiger partial charge is 0.324 e. The van der Waals surface area contributed by atoms with Gasteiger partial charge in [-0.2, -0.15) is 0 Å². The monoisotopic (exact) mass is 263 g/mol. The lowest BCUT2D eigenvalue weighted by atomic mass is 10.1. The van der Waals surface area contributed by atoms with E-state index in [0.717, 1.165) is 16.8 Å². The Balaban J connectivity index is 2.08. The van der Waals surface area contributed by atoms with Gasteiger partial charge in [-0.05, 0) is 42.6 Å². The predicted molar refractivity (Wildman–Crippen MR) is 71.8 cm³/mol. The molecular formula is C13H14ClN3O. The van der Waals surface area contributed by atoms with Gasteiger partial charge >= 0.3 is 0 Å². The summed E-state index contributed by atoms with van der Waals surface area (Å²) >= 11 is 5.82. The molecular weight excluding hydrogens is 250 g/mol. The van der Waals surface area contributed by atoms with Gasteiger partial charge in [0, 0.05) is 18.1 Å². The number of carbonyl (C=O) groups is 1. The quantitative estimate of drug-likeness (QED) is 0.926. The zero-order valence-corrected chi connectivity index (χ0v) is 11.0. The van der Waals surface area contributed by atoms with E-state index < -0.39 is 0 Å². The molecule has 0 fully saturated rings. The van der Waals surface area contributed by atoms with Crippen molar-refractivity contribution in [2.45, 2.75) is 20.4 Å². The number of hydrogen-bond donors (Lipinski definition) is 1. The molecule has 0 saturated carbocycles. The normalized spacial score (nSPS) is 10.4. The van der Waals surface area contributed by atoms with Crippen LogP contribution in [0.5, 0.6) is 0 Å². The molecule has 0 aliphatic heterocycles. The SMILES string of the molecule is Cc1ccc(C)c(NC(=O)Cn2ccnc2Cl)c1. The van der Waals surface area contributed by atoms with Crippen LogP contribution in [-0.2, 0) is 11.3 Å². The number of hydrogen-bond acceptors (Lipinski definition) is 2. The van der Waals surface area contributed by atoms with Crippen molar-refractivity contribution in [2.75, 3.05) is 5.32 Å². The van der Waals surface area contributed by atoms with Gasteiger partial charge in [0.1, 0.15) is 6.54 Å². The summed E-state index contributed by atoms with van der Waals surface area (Å²) in [6, 6.07) is 5.94. The van der Waals surface area contributed by atoms with Gasteiger partial charge in [-0.25, -0.2) is 4.98 Å². The number of nitrogens with zero attached hydrogens (tertiary/aromatic N) is 2. The molecule has 0 radical (unpaired) electrons. The highest BCUT2D eigenvalue weighted by Gasteiger charge is 2.07. The zero-order valence-electron chi connectivity index (χ0n) is 10.3. The molecule has 5 heteroatoms. The molecule has 0 saturated heterocycles. The van der Waals surface area contributed by atoms with Crippen LogP contribution in [0.15, 0.2) is 30.6 Å². The first-order valence-electron chi connectivity index (χ1n) is 5.60. The van der Waals surface area contributed by atoms with Gasteiger partial charge in [-0.3, -0.25) is 4.79 Å². The molecule has 2 aromatic rings. The molecule has 94 valence electrons. The van der Waals surface area contributed by atoms with Crippen LogP contribution in [0.4, 0.5) is 5.69 Å². The second kappa shape index (κ2) is 5.23. The molecule has 0 atom stereocenters. The number of rotatable bonds is 3. The average Bonchev–Trinajstić information content (AvgIpc) is 2.70. The Morgan fingerprint density at radius 1 is 1.44 bits per heavy atom. The number of aryl methyl sites for hydroxylation is 2. The standard InChI is InChI=1S/C13H14ClN3O/c1-9-3-4-10(2)11(7-9)16-12(18)8-17-6-5-15-13(17)14/h3-7H,8H2,1-2H3,(H,16,18). The Kier molecular flexibility index (Phi) is 3.67. The number of halogens is 1. The minimum absolute atomic E-state index is 0.122. The fourth-order valence-corrected chi connectivity index (χ4v) is 1.82. The van der Waals surface area contributed by atoms with Crippen molar-refractivity contribution in [2.24, 2.45) is 0 Å². The summed E-state index contributed by atoms with van der Waals surface area (Å²) in [5.41, 5.74) is 2.97. The number of aromatic nitrogens is 2. The maximum atomic E-state index is 11.9. The van der Waals surface area contributed by atoms with Gasteiger partial charge in [0.2, 0.25) is 11.2 Å². The van der Waals surface area contributed by atoms with Crippen LogP contribution < -0.4 is 5.32 Å². The van der Waals surface area contributed by atoms with E-state index >= 15 is 0 Å². The van der Waals surface area contributed by atoms with Crippen molar-refractivity contribution in [3.05, 3.63) is 47.0 Å². The lowest BCUT2D eigenvalue weighted by molar-refractivity contribution is -0.116. The van der Waals surface area contributed by atoms with Gasteiger partial charge in [-0.1, -0.05) is 12.1 Å². The van der Waals surface area contributed by atoms with Crippen LogP contribution in [-0.4, -0.2) is 15.5 Å². The molecule has 1 N–H and O–H groups in total. The lowest BCUT2D eigenvalue weighted by Crippen LogP contribution is -2.19. The van der Waals surface area contributed by atoms with E-state index in [1.807, 2.05) is 32.0 Å². The Hall–Kier alpha value is -1.81. The van der Waals surface area contributed by atoms with Crippen molar-refractivity contribution < 1.29 is 4.79 Å². The fraction of sp³-hybridized carbons (Fsp3) is 0.231. The lowest BCUT2D eigenvalue weighted by Gasteiger charge is -2.10. The second-order valence-electron chi connectivity index (χ2n) is 4.19. The molecule has 1 aromatic heterocycles. The van der Waals surface area contributed by atoms with Gasteiger partial charge in [0.15, 0.2) is 0 Å². The van der Waals surface area contributed by atoms with E-state index in [4.69, 9.17) is 11.6 Å². The number of anilines is 1. The van der Waals surface area contributed by atoms with Crippen LogP contribution in [0.3, 0.4) is 0 Å². The first-order chi connectivity index (χ1) is 8.56. The minimum Gasteiger partial charge on any atom is -0.324 e. The Bertz CT molecular complexity index is 577. The topological polar surface area (TPSA) is 46.9 Å². The maximum Gasteiger partial charge on any atom is 0.244 e. The summed E-state index contributed by atoms with van der Waals surface area (Å²) in [5.74, 6) is -0.122. The molecule has 2 rings (SSSR count). The summed E-state index contributed by atoms with van der Waals surface area (Å²) in [4.78, 5) is 15.7. The first kappa shape index (κ1) is 12.6. The van der Waals surface area contributed by atoms with Gasteiger partial charge < -0.3 is 9.88 Å². The molecule has 0 spiro atoms. The second-order valence-corrected chi connectivity index (χ2v) is 4.53. The highest BCUT2D eigenvalue weighted by molar-refractivity contribution is 6.28. The summed E-state index contributed by atoms with van der Waals surface area (Å²) in [5, 5.41) is 3.18.